The molecule has 0 aliphatic carbocycles. The molecule has 0 spiro atoms. The van der Waals surface area contributed by atoms with Gasteiger partial charge in [-0.1, -0.05) is 17.3 Å². The van der Waals surface area contributed by atoms with Gasteiger partial charge in [-0.3, -0.25) is 9.69 Å². The Morgan fingerprint density at radius 3 is 2.50 bits per heavy atom. The van der Waals surface area contributed by atoms with Crippen LogP contribution >= 0.6 is 12.4 Å². The van der Waals surface area contributed by atoms with Gasteiger partial charge in [0.25, 0.3) is 5.91 Å². The predicted octanol–water partition coefficient (Wildman–Crippen LogP) is 3.07. The van der Waals surface area contributed by atoms with Crippen molar-refractivity contribution in [2.24, 2.45) is 0 Å². The summed E-state index contributed by atoms with van der Waals surface area (Å²) in [5.74, 6) is 1.58. The Morgan fingerprint density at radius 2 is 1.88 bits per heavy atom. The lowest BCUT2D eigenvalue weighted by Crippen LogP contribution is -2.48. The Balaban J connectivity index is 0.00000243. The molecule has 1 aliphatic rings. The lowest BCUT2D eigenvalue weighted by atomic mass is 10.1. The summed E-state index contributed by atoms with van der Waals surface area (Å²) in [6, 6.07) is 7.46. The molecule has 1 aromatic heterocycles. The molecule has 1 fully saturated rings. The Bertz CT molecular complexity index is 720. The van der Waals surface area contributed by atoms with Crippen molar-refractivity contribution in [3.63, 3.8) is 0 Å². The second-order valence-corrected chi connectivity index (χ2v) is 6.30. The highest BCUT2D eigenvalue weighted by atomic mass is 35.5. The van der Waals surface area contributed by atoms with Gasteiger partial charge in [0.05, 0.1) is 17.9 Å². The van der Waals surface area contributed by atoms with E-state index in [1.54, 1.807) is 0 Å². The van der Waals surface area contributed by atoms with E-state index in [-0.39, 0.29) is 18.3 Å². The van der Waals surface area contributed by atoms with E-state index in [1.807, 2.05) is 49.9 Å². The molecule has 1 aliphatic heterocycles. The molecule has 0 atom stereocenters. The predicted molar refractivity (Wildman–Crippen MR) is 102 cm³/mol. The maximum Gasteiger partial charge on any atom is 0.257 e. The Kier molecular flexibility index (Phi) is 7.06. The van der Waals surface area contributed by atoms with E-state index in [0.717, 1.165) is 36.7 Å². The van der Waals surface area contributed by atoms with Gasteiger partial charge in [-0.2, -0.15) is 0 Å². The third-order valence-electron chi connectivity index (χ3n) is 4.64. The number of piperazine rings is 1. The van der Waals surface area contributed by atoms with Crippen LogP contribution in [0, 0.1) is 13.8 Å². The number of para-hydroxylation sites is 1. The first-order valence-corrected chi connectivity index (χ1v) is 8.75. The molecule has 2 heterocycles. The summed E-state index contributed by atoms with van der Waals surface area (Å²) < 4.78 is 10.8. The van der Waals surface area contributed by atoms with Crippen LogP contribution in [0.2, 0.25) is 0 Å². The minimum Gasteiger partial charge on any atom is -0.493 e. The van der Waals surface area contributed by atoms with Crippen LogP contribution in [0.4, 0.5) is 0 Å². The van der Waals surface area contributed by atoms with E-state index in [0.29, 0.717) is 31.0 Å². The highest BCUT2D eigenvalue weighted by Gasteiger charge is 2.25. The Labute approximate surface area is 160 Å². The van der Waals surface area contributed by atoms with E-state index in [9.17, 15) is 4.79 Å². The van der Waals surface area contributed by atoms with Crippen LogP contribution in [0.15, 0.2) is 28.8 Å². The number of halogens is 1. The highest BCUT2D eigenvalue weighted by Crippen LogP contribution is 2.21. The van der Waals surface area contributed by atoms with Crippen LogP contribution in [0.5, 0.6) is 5.75 Å². The van der Waals surface area contributed by atoms with E-state index >= 15 is 0 Å². The lowest BCUT2D eigenvalue weighted by Gasteiger charge is -2.35. The van der Waals surface area contributed by atoms with Gasteiger partial charge in [0.1, 0.15) is 11.5 Å². The smallest absolute Gasteiger partial charge is 0.257 e. The van der Waals surface area contributed by atoms with Crippen molar-refractivity contribution in [3.05, 3.63) is 46.8 Å². The third-order valence-corrected chi connectivity index (χ3v) is 4.64. The van der Waals surface area contributed by atoms with Crippen LogP contribution in [0.3, 0.4) is 0 Å². The largest absolute Gasteiger partial charge is 0.493 e. The van der Waals surface area contributed by atoms with Crippen molar-refractivity contribution in [1.82, 2.24) is 15.0 Å². The second-order valence-electron chi connectivity index (χ2n) is 6.30. The first kappa shape index (κ1) is 20.3. The van der Waals surface area contributed by atoms with Gasteiger partial charge in [0.15, 0.2) is 0 Å². The minimum absolute atomic E-state index is 0. The monoisotopic (exact) mass is 379 g/mol. The van der Waals surface area contributed by atoms with Crippen molar-refractivity contribution in [1.29, 1.82) is 0 Å². The van der Waals surface area contributed by atoms with E-state index in [2.05, 4.69) is 10.1 Å². The first-order valence-electron chi connectivity index (χ1n) is 8.75. The molecule has 1 aromatic carbocycles. The van der Waals surface area contributed by atoms with Crippen molar-refractivity contribution in [2.75, 3.05) is 32.8 Å². The Morgan fingerprint density at radius 1 is 1.19 bits per heavy atom. The number of hydrogen-bond acceptors (Lipinski definition) is 5. The molecule has 1 saturated heterocycles. The quantitative estimate of drug-likeness (QED) is 0.799. The summed E-state index contributed by atoms with van der Waals surface area (Å²) in [7, 11) is 0. The fourth-order valence-electron chi connectivity index (χ4n) is 3.16. The molecular formula is C19H26ClN3O3. The summed E-state index contributed by atoms with van der Waals surface area (Å²) in [6.07, 6.45) is 0. The summed E-state index contributed by atoms with van der Waals surface area (Å²) in [4.78, 5) is 17.1. The van der Waals surface area contributed by atoms with Crippen LogP contribution in [-0.4, -0.2) is 53.6 Å². The number of benzene rings is 1. The zero-order valence-electron chi connectivity index (χ0n) is 15.5. The van der Waals surface area contributed by atoms with Crippen molar-refractivity contribution in [2.45, 2.75) is 27.3 Å². The number of hydrogen-bond donors (Lipinski definition) is 0. The lowest BCUT2D eigenvalue weighted by molar-refractivity contribution is 0.0623. The molecule has 1 amide bonds. The molecule has 0 bridgehead atoms. The van der Waals surface area contributed by atoms with Crippen LogP contribution < -0.4 is 4.74 Å². The number of aromatic nitrogens is 1. The molecule has 0 radical (unpaired) electrons. The van der Waals surface area contributed by atoms with Crippen LogP contribution in [0.1, 0.15) is 34.3 Å². The summed E-state index contributed by atoms with van der Waals surface area (Å²) in [6.45, 7) is 10.3. The first-order chi connectivity index (χ1) is 12.1. The second kappa shape index (κ2) is 9.05. The normalized spacial score (nSPS) is 14.8. The van der Waals surface area contributed by atoms with E-state index in [1.165, 1.54) is 0 Å². The minimum atomic E-state index is 0. The van der Waals surface area contributed by atoms with Crippen molar-refractivity contribution in [3.8, 4) is 5.75 Å². The third kappa shape index (κ3) is 4.37. The summed E-state index contributed by atoms with van der Waals surface area (Å²) in [5.41, 5.74) is 2.74. The molecule has 0 unspecified atom stereocenters. The fourth-order valence-corrected chi connectivity index (χ4v) is 3.16. The van der Waals surface area contributed by atoms with Gasteiger partial charge < -0.3 is 14.2 Å². The SMILES string of the molecule is CCOc1ccccc1C(=O)N1CCN(Cc2c(C)noc2C)CC1.Cl. The average molecular weight is 380 g/mol. The van der Waals surface area contributed by atoms with Gasteiger partial charge in [-0.25, -0.2) is 0 Å². The topological polar surface area (TPSA) is 58.8 Å². The van der Waals surface area contributed by atoms with Gasteiger partial charge in [-0.05, 0) is 32.9 Å². The van der Waals surface area contributed by atoms with Gasteiger partial charge >= 0.3 is 0 Å². The number of ether oxygens (including phenoxy) is 1. The number of aryl methyl sites for hydroxylation is 2. The summed E-state index contributed by atoms with van der Waals surface area (Å²) in [5, 5.41) is 4.01. The standard InChI is InChI=1S/C19H25N3O3.ClH/c1-4-24-18-8-6-5-7-16(18)19(23)22-11-9-21(10-12-22)13-17-14(2)20-25-15(17)3;/h5-8H,4,9-13H2,1-3H3;1H. The fraction of sp³-hybridized carbons (Fsp3) is 0.474. The average Bonchev–Trinajstić information content (AvgIpc) is 2.94. The van der Waals surface area contributed by atoms with E-state index in [4.69, 9.17) is 9.26 Å². The highest BCUT2D eigenvalue weighted by molar-refractivity contribution is 5.97. The molecule has 26 heavy (non-hydrogen) atoms. The van der Waals surface area contributed by atoms with E-state index < -0.39 is 0 Å². The molecule has 6 nitrogen and oxygen atoms in total. The van der Waals surface area contributed by atoms with Crippen molar-refractivity contribution < 1.29 is 14.1 Å². The van der Waals surface area contributed by atoms with Gasteiger partial charge in [-0.15, -0.1) is 12.4 Å². The van der Waals surface area contributed by atoms with Crippen molar-refractivity contribution >= 4 is 18.3 Å². The molecule has 0 saturated carbocycles. The number of carbonyl (C=O) groups is 1. The molecule has 142 valence electrons. The zero-order chi connectivity index (χ0) is 17.8. The molecule has 7 heteroatoms. The van der Waals surface area contributed by atoms with Gasteiger partial charge in [0, 0.05) is 38.3 Å². The molecule has 2 aromatic rings. The van der Waals surface area contributed by atoms with Gasteiger partial charge in [0.2, 0.25) is 0 Å². The number of carbonyl (C=O) groups excluding carboxylic acids is 1. The molecular weight excluding hydrogens is 354 g/mol. The molecule has 0 N–H and O–H groups in total. The van der Waals surface area contributed by atoms with Crippen LogP contribution in [0.25, 0.3) is 0 Å². The number of nitrogens with zero attached hydrogens (tertiary/aromatic N) is 3. The Hall–Kier alpha value is -2.05. The maximum absolute atomic E-state index is 12.8. The number of rotatable bonds is 5. The maximum atomic E-state index is 12.8. The zero-order valence-corrected chi connectivity index (χ0v) is 16.3. The van der Waals surface area contributed by atoms with Crippen LogP contribution in [-0.2, 0) is 6.54 Å². The molecule has 3 rings (SSSR count). The number of amides is 1. The summed E-state index contributed by atoms with van der Waals surface area (Å²) >= 11 is 0.